The van der Waals surface area contributed by atoms with Crippen LogP contribution in [0.3, 0.4) is 0 Å². The molecule has 16 heavy (non-hydrogen) atoms. The van der Waals surface area contributed by atoms with Gasteiger partial charge in [-0.2, -0.15) is 0 Å². The third-order valence-corrected chi connectivity index (χ3v) is 2.52. The molecule has 1 heterocycles. The molecule has 1 aromatic heterocycles. The number of furan rings is 1. The Morgan fingerprint density at radius 3 is 2.44 bits per heavy atom. The summed E-state index contributed by atoms with van der Waals surface area (Å²) in [5.74, 6) is 0.0676. The van der Waals surface area contributed by atoms with Crippen molar-refractivity contribution < 1.29 is 8.81 Å². The van der Waals surface area contributed by atoms with Crippen LogP contribution in [0.25, 0.3) is 11.0 Å². The highest BCUT2D eigenvalue weighted by Crippen LogP contribution is 2.29. The van der Waals surface area contributed by atoms with Gasteiger partial charge in [-0.25, -0.2) is 4.39 Å². The van der Waals surface area contributed by atoms with Gasteiger partial charge in [-0.1, -0.05) is 27.7 Å². The van der Waals surface area contributed by atoms with E-state index in [1.165, 1.54) is 6.26 Å². The molecule has 0 aliphatic carbocycles. The molecule has 0 atom stereocenters. The maximum atomic E-state index is 14.0. The van der Waals surface area contributed by atoms with Gasteiger partial charge in [0.05, 0.1) is 11.6 Å². The maximum absolute atomic E-state index is 14.0. The van der Waals surface area contributed by atoms with E-state index in [1.807, 2.05) is 40.7 Å². The summed E-state index contributed by atoms with van der Waals surface area (Å²) < 4.78 is 19.1. The van der Waals surface area contributed by atoms with Gasteiger partial charge in [-0.3, -0.25) is 0 Å². The van der Waals surface area contributed by atoms with Crippen LogP contribution in [0.5, 0.6) is 0 Å². The Morgan fingerprint density at radius 2 is 1.88 bits per heavy atom. The van der Waals surface area contributed by atoms with Gasteiger partial charge in [0, 0.05) is 0 Å². The van der Waals surface area contributed by atoms with Gasteiger partial charge in [0.15, 0.2) is 0 Å². The first kappa shape index (κ1) is 12.8. The average molecular weight is 222 g/mol. The lowest BCUT2D eigenvalue weighted by molar-refractivity contribution is 0.596. The number of rotatable bonds is 1. The molecule has 2 aromatic rings. The van der Waals surface area contributed by atoms with Gasteiger partial charge in [0.1, 0.15) is 11.4 Å². The quantitative estimate of drug-likeness (QED) is 0.659. The van der Waals surface area contributed by atoms with Crippen molar-refractivity contribution in [2.24, 2.45) is 0 Å². The molecule has 2 heteroatoms. The fraction of sp³-hybridized carbons (Fsp3) is 0.429. The summed E-state index contributed by atoms with van der Waals surface area (Å²) in [4.78, 5) is 0. The molecule has 0 radical (unpaired) electrons. The van der Waals surface area contributed by atoms with Gasteiger partial charge in [0.25, 0.3) is 0 Å². The molecule has 0 spiro atoms. The van der Waals surface area contributed by atoms with E-state index in [0.717, 1.165) is 11.1 Å². The molecular weight excluding hydrogens is 203 g/mol. The Morgan fingerprint density at radius 1 is 1.25 bits per heavy atom. The number of aryl methyl sites for hydroxylation is 1. The normalized spacial score (nSPS) is 10.4. The van der Waals surface area contributed by atoms with Crippen LogP contribution >= 0.6 is 0 Å². The summed E-state index contributed by atoms with van der Waals surface area (Å²) in [5, 5.41) is 0.583. The number of halogens is 1. The highest BCUT2D eigenvalue weighted by molar-refractivity contribution is 5.80. The second-order valence-electron chi connectivity index (χ2n) is 3.91. The zero-order valence-electron chi connectivity index (χ0n) is 10.6. The SMILES string of the molecule is CC.Cc1cc2occc2c(F)c1C(C)C. The Bertz CT molecular complexity index is 469. The van der Waals surface area contributed by atoms with Crippen LogP contribution in [-0.2, 0) is 0 Å². The monoisotopic (exact) mass is 222 g/mol. The third kappa shape index (κ3) is 2.11. The van der Waals surface area contributed by atoms with E-state index in [-0.39, 0.29) is 11.7 Å². The van der Waals surface area contributed by atoms with Crippen LogP contribution < -0.4 is 0 Å². The van der Waals surface area contributed by atoms with E-state index in [2.05, 4.69) is 0 Å². The van der Waals surface area contributed by atoms with E-state index in [9.17, 15) is 4.39 Å². The van der Waals surface area contributed by atoms with Gasteiger partial charge < -0.3 is 4.42 Å². The average Bonchev–Trinajstić information content (AvgIpc) is 2.68. The smallest absolute Gasteiger partial charge is 0.137 e. The summed E-state index contributed by atoms with van der Waals surface area (Å²) in [6.45, 7) is 9.91. The molecule has 1 nitrogen and oxygen atoms in total. The van der Waals surface area contributed by atoms with Crippen molar-refractivity contribution in [3.63, 3.8) is 0 Å². The molecule has 0 saturated heterocycles. The molecule has 0 amide bonds. The minimum absolute atomic E-state index is 0.135. The van der Waals surface area contributed by atoms with Gasteiger partial charge in [0.2, 0.25) is 0 Å². The fourth-order valence-corrected chi connectivity index (χ4v) is 1.92. The Hall–Kier alpha value is -1.31. The molecule has 0 N–H and O–H groups in total. The molecule has 0 bridgehead atoms. The molecule has 2 rings (SSSR count). The first-order chi connectivity index (χ1) is 7.61. The van der Waals surface area contributed by atoms with Crippen LogP contribution in [0.4, 0.5) is 4.39 Å². The van der Waals surface area contributed by atoms with Crippen molar-refractivity contribution in [3.8, 4) is 0 Å². The zero-order valence-corrected chi connectivity index (χ0v) is 10.6. The summed E-state index contributed by atoms with van der Waals surface area (Å²) in [5.41, 5.74) is 2.38. The molecule has 0 aliphatic heterocycles. The molecule has 0 aliphatic rings. The van der Waals surface area contributed by atoms with Gasteiger partial charge in [-0.15, -0.1) is 0 Å². The number of benzene rings is 1. The molecular formula is C14H19FO. The first-order valence-electron chi connectivity index (χ1n) is 5.77. The summed E-state index contributed by atoms with van der Waals surface area (Å²) in [6.07, 6.45) is 1.53. The van der Waals surface area contributed by atoms with Crippen LogP contribution in [0.2, 0.25) is 0 Å². The van der Waals surface area contributed by atoms with Crippen LogP contribution in [0.1, 0.15) is 44.7 Å². The van der Waals surface area contributed by atoms with Gasteiger partial charge >= 0.3 is 0 Å². The molecule has 0 unspecified atom stereocenters. The van der Waals surface area contributed by atoms with Crippen molar-refractivity contribution in [1.29, 1.82) is 0 Å². The lowest BCUT2D eigenvalue weighted by atomic mass is 9.96. The van der Waals surface area contributed by atoms with E-state index >= 15 is 0 Å². The van der Waals surface area contributed by atoms with Crippen LogP contribution in [0, 0.1) is 12.7 Å². The summed E-state index contributed by atoms with van der Waals surface area (Å²) in [6, 6.07) is 3.57. The van der Waals surface area contributed by atoms with Crippen molar-refractivity contribution in [3.05, 3.63) is 35.3 Å². The predicted octanol–water partition coefficient (Wildman–Crippen LogP) is 5.03. The van der Waals surface area contributed by atoms with Crippen LogP contribution in [-0.4, -0.2) is 0 Å². The Balaban J connectivity index is 0.000000606. The van der Waals surface area contributed by atoms with Crippen molar-refractivity contribution in [2.45, 2.75) is 40.5 Å². The molecule has 0 fully saturated rings. The Kier molecular flexibility index (Phi) is 4.11. The fourth-order valence-electron chi connectivity index (χ4n) is 1.92. The zero-order chi connectivity index (χ0) is 12.3. The molecule has 1 aromatic carbocycles. The standard InChI is InChI=1S/C12H13FO.C2H6/c1-7(2)11-8(3)6-10-9(12(11)13)4-5-14-10;1-2/h4-7H,1-3H3;1-2H3. The van der Waals surface area contributed by atoms with Crippen molar-refractivity contribution in [1.82, 2.24) is 0 Å². The minimum Gasteiger partial charge on any atom is -0.464 e. The first-order valence-corrected chi connectivity index (χ1v) is 5.77. The summed E-state index contributed by atoms with van der Waals surface area (Å²) >= 11 is 0. The Labute approximate surface area is 96.3 Å². The lowest BCUT2D eigenvalue weighted by Gasteiger charge is -2.11. The van der Waals surface area contributed by atoms with Crippen molar-refractivity contribution in [2.75, 3.05) is 0 Å². The molecule has 88 valence electrons. The minimum atomic E-state index is -0.135. The second kappa shape index (κ2) is 5.15. The molecule has 0 saturated carbocycles. The third-order valence-electron chi connectivity index (χ3n) is 2.52. The van der Waals surface area contributed by atoms with Crippen molar-refractivity contribution >= 4 is 11.0 Å². The number of hydrogen-bond donors (Lipinski definition) is 0. The maximum Gasteiger partial charge on any atom is 0.137 e. The summed E-state index contributed by atoms with van der Waals surface area (Å²) in [7, 11) is 0. The predicted molar refractivity (Wildman–Crippen MR) is 66.3 cm³/mol. The van der Waals surface area contributed by atoms with Gasteiger partial charge in [-0.05, 0) is 36.1 Å². The van der Waals surface area contributed by atoms with E-state index in [0.29, 0.717) is 11.0 Å². The van der Waals surface area contributed by atoms with E-state index < -0.39 is 0 Å². The largest absolute Gasteiger partial charge is 0.464 e. The topological polar surface area (TPSA) is 13.1 Å². The second-order valence-corrected chi connectivity index (χ2v) is 3.91. The number of hydrogen-bond acceptors (Lipinski definition) is 1. The highest BCUT2D eigenvalue weighted by Gasteiger charge is 2.14. The lowest BCUT2D eigenvalue weighted by Crippen LogP contribution is -1.97. The van der Waals surface area contributed by atoms with E-state index in [1.54, 1.807) is 6.07 Å². The van der Waals surface area contributed by atoms with E-state index in [4.69, 9.17) is 4.42 Å². The highest BCUT2D eigenvalue weighted by atomic mass is 19.1. The van der Waals surface area contributed by atoms with Crippen LogP contribution in [0.15, 0.2) is 22.8 Å². The number of fused-ring (bicyclic) bond motifs is 1.